The second-order valence-electron chi connectivity index (χ2n) is 7.33. The van der Waals surface area contributed by atoms with E-state index < -0.39 is 21.5 Å². The van der Waals surface area contributed by atoms with Gasteiger partial charge in [-0.1, -0.05) is 12.1 Å². The molecule has 3 aromatic rings. The van der Waals surface area contributed by atoms with Crippen molar-refractivity contribution in [3.63, 3.8) is 0 Å². The molecule has 2 aromatic heterocycles. The standard InChI is InChI=1S/C20H22F2N6O2S.2H2/c1-12(2)23-18-26-17(15-9-6-10-16(25-15)20(3,21)22)27-19(28-18)24-13-7-5-8-14(11-13)31(4,29)30;;/h5-12H,1-4H3,(H2,23,24,26,27,28);2*1H. The number of rotatable bonds is 7. The van der Waals surface area contributed by atoms with Gasteiger partial charge in [0.2, 0.25) is 11.9 Å². The van der Waals surface area contributed by atoms with Gasteiger partial charge in [-0.05, 0) is 44.2 Å². The first-order valence-corrected chi connectivity index (χ1v) is 11.3. The van der Waals surface area contributed by atoms with E-state index in [-0.39, 0.29) is 37.2 Å². The van der Waals surface area contributed by atoms with Gasteiger partial charge in [-0.25, -0.2) is 13.4 Å². The Labute approximate surface area is 182 Å². The third-order valence-electron chi connectivity index (χ3n) is 4.00. The van der Waals surface area contributed by atoms with Crippen LogP contribution in [0.15, 0.2) is 47.4 Å². The van der Waals surface area contributed by atoms with E-state index in [1.165, 1.54) is 30.3 Å². The van der Waals surface area contributed by atoms with Crippen LogP contribution in [0.25, 0.3) is 11.5 Å². The van der Waals surface area contributed by atoms with Crippen LogP contribution in [0.3, 0.4) is 0 Å². The van der Waals surface area contributed by atoms with Crippen molar-refractivity contribution in [2.45, 2.75) is 37.6 Å². The molecule has 3 rings (SSSR count). The number of hydrogen-bond donors (Lipinski definition) is 2. The second kappa shape index (κ2) is 8.50. The Balaban J connectivity index is 0.00000272. The Bertz CT molecular complexity index is 1210. The minimum Gasteiger partial charge on any atom is -0.352 e. The van der Waals surface area contributed by atoms with E-state index >= 15 is 0 Å². The Morgan fingerprint density at radius 1 is 1.00 bits per heavy atom. The van der Waals surface area contributed by atoms with Crippen molar-refractivity contribution in [1.29, 1.82) is 0 Å². The molecular formula is C20H26F2N6O2S. The molecule has 2 heterocycles. The van der Waals surface area contributed by atoms with Crippen LogP contribution in [0, 0.1) is 0 Å². The molecule has 0 radical (unpaired) electrons. The number of hydrogen-bond acceptors (Lipinski definition) is 8. The number of benzene rings is 1. The fourth-order valence-corrected chi connectivity index (χ4v) is 3.27. The number of aromatic nitrogens is 4. The van der Waals surface area contributed by atoms with Crippen LogP contribution in [0.1, 0.15) is 29.3 Å². The van der Waals surface area contributed by atoms with Gasteiger partial charge in [0, 0.05) is 27.8 Å². The van der Waals surface area contributed by atoms with E-state index in [4.69, 9.17) is 0 Å². The summed E-state index contributed by atoms with van der Waals surface area (Å²) >= 11 is 0. The predicted octanol–water partition coefficient (Wildman–Crippen LogP) is 4.50. The summed E-state index contributed by atoms with van der Waals surface area (Å²) < 4.78 is 51.1. The Morgan fingerprint density at radius 3 is 2.32 bits per heavy atom. The molecule has 0 atom stereocenters. The molecule has 0 saturated heterocycles. The van der Waals surface area contributed by atoms with Crippen LogP contribution < -0.4 is 10.6 Å². The zero-order valence-electron chi connectivity index (χ0n) is 17.4. The Kier molecular flexibility index (Phi) is 6.16. The van der Waals surface area contributed by atoms with Crippen molar-refractivity contribution in [2.24, 2.45) is 0 Å². The predicted molar refractivity (Wildman–Crippen MR) is 118 cm³/mol. The molecule has 0 aliphatic carbocycles. The summed E-state index contributed by atoms with van der Waals surface area (Å²) in [5.41, 5.74) is 0.192. The van der Waals surface area contributed by atoms with Gasteiger partial charge in [0.05, 0.1) is 4.90 Å². The summed E-state index contributed by atoms with van der Waals surface area (Å²) in [6.45, 7) is 4.55. The van der Waals surface area contributed by atoms with Gasteiger partial charge in [-0.3, -0.25) is 0 Å². The first kappa shape index (κ1) is 22.5. The Morgan fingerprint density at radius 2 is 1.68 bits per heavy atom. The first-order valence-electron chi connectivity index (χ1n) is 9.37. The number of pyridine rings is 1. The van der Waals surface area contributed by atoms with Crippen LogP contribution in [0.2, 0.25) is 0 Å². The molecule has 8 nitrogen and oxygen atoms in total. The molecule has 31 heavy (non-hydrogen) atoms. The number of sulfone groups is 1. The molecule has 0 unspecified atom stereocenters. The van der Waals surface area contributed by atoms with E-state index in [2.05, 4.69) is 30.6 Å². The van der Waals surface area contributed by atoms with Gasteiger partial charge >= 0.3 is 0 Å². The van der Waals surface area contributed by atoms with Crippen LogP contribution >= 0.6 is 0 Å². The highest BCUT2D eigenvalue weighted by Gasteiger charge is 2.26. The van der Waals surface area contributed by atoms with Gasteiger partial charge < -0.3 is 10.6 Å². The van der Waals surface area contributed by atoms with Crippen molar-refractivity contribution < 1.29 is 20.1 Å². The molecule has 0 saturated carbocycles. The smallest absolute Gasteiger partial charge is 0.286 e. The molecule has 0 amide bonds. The third-order valence-corrected chi connectivity index (χ3v) is 5.11. The van der Waals surface area contributed by atoms with Crippen molar-refractivity contribution in [3.05, 3.63) is 48.2 Å². The summed E-state index contributed by atoms with van der Waals surface area (Å²) in [5.74, 6) is -2.70. The van der Waals surface area contributed by atoms with Gasteiger partial charge in [0.25, 0.3) is 5.92 Å². The fraction of sp³-hybridized carbons (Fsp3) is 0.300. The molecule has 11 heteroatoms. The van der Waals surface area contributed by atoms with Crippen molar-refractivity contribution in [2.75, 3.05) is 16.9 Å². The molecule has 168 valence electrons. The minimum atomic E-state index is -3.40. The van der Waals surface area contributed by atoms with E-state index in [9.17, 15) is 17.2 Å². The highest BCUT2D eigenvalue weighted by Crippen LogP contribution is 2.27. The third kappa shape index (κ3) is 5.91. The molecule has 0 fully saturated rings. The lowest BCUT2D eigenvalue weighted by molar-refractivity contribution is 0.0129. The summed E-state index contributed by atoms with van der Waals surface area (Å²) in [7, 11) is -3.40. The zero-order valence-corrected chi connectivity index (χ0v) is 18.2. The fourth-order valence-electron chi connectivity index (χ4n) is 2.61. The van der Waals surface area contributed by atoms with E-state index in [0.29, 0.717) is 5.69 Å². The van der Waals surface area contributed by atoms with E-state index in [1.54, 1.807) is 12.1 Å². The normalized spacial score (nSPS) is 12.1. The number of alkyl halides is 2. The van der Waals surface area contributed by atoms with Gasteiger partial charge in [0.15, 0.2) is 15.7 Å². The number of halogens is 2. The van der Waals surface area contributed by atoms with Crippen LogP contribution in [0.5, 0.6) is 0 Å². The lowest BCUT2D eigenvalue weighted by atomic mass is 10.2. The molecule has 0 aliphatic rings. The molecule has 0 spiro atoms. The number of anilines is 3. The molecule has 1 aromatic carbocycles. The highest BCUT2D eigenvalue weighted by molar-refractivity contribution is 7.90. The minimum absolute atomic E-state index is 0. The summed E-state index contributed by atoms with van der Waals surface area (Å²) in [4.78, 5) is 17.0. The zero-order chi connectivity index (χ0) is 22.8. The highest BCUT2D eigenvalue weighted by atomic mass is 32.2. The molecule has 0 bridgehead atoms. The van der Waals surface area contributed by atoms with Crippen LogP contribution in [-0.2, 0) is 15.8 Å². The quantitative estimate of drug-likeness (QED) is 0.539. The maximum absolute atomic E-state index is 13.7. The second-order valence-corrected chi connectivity index (χ2v) is 9.34. The average molecular weight is 453 g/mol. The van der Waals surface area contributed by atoms with Gasteiger partial charge in [0.1, 0.15) is 11.4 Å². The monoisotopic (exact) mass is 452 g/mol. The van der Waals surface area contributed by atoms with Gasteiger partial charge in [-0.15, -0.1) is 0 Å². The van der Waals surface area contributed by atoms with E-state index in [1.807, 2.05) is 13.8 Å². The van der Waals surface area contributed by atoms with Crippen molar-refractivity contribution in [3.8, 4) is 11.5 Å². The number of nitrogens with one attached hydrogen (secondary N) is 2. The average Bonchev–Trinajstić information content (AvgIpc) is 2.66. The maximum Gasteiger partial charge on any atom is 0.286 e. The van der Waals surface area contributed by atoms with Crippen molar-refractivity contribution in [1.82, 2.24) is 19.9 Å². The van der Waals surface area contributed by atoms with E-state index in [0.717, 1.165) is 13.2 Å². The van der Waals surface area contributed by atoms with Gasteiger partial charge in [-0.2, -0.15) is 23.7 Å². The molecular weight excluding hydrogens is 426 g/mol. The molecule has 2 N–H and O–H groups in total. The lowest BCUT2D eigenvalue weighted by Gasteiger charge is -2.13. The molecule has 0 aliphatic heterocycles. The maximum atomic E-state index is 13.7. The van der Waals surface area contributed by atoms with Crippen molar-refractivity contribution >= 4 is 27.4 Å². The van der Waals surface area contributed by atoms with Crippen LogP contribution in [0.4, 0.5) is 26.4 Å². The summed E-state index contributed by atoms with van der Waals surface area (Å²) in [5, 5.41) is 5.99. The SMILES string of the molecule is CC(C)Nc1nc(Nc2cccc(S(C)(=O)=O)c2)nc(-c2cccc(C(C)(F)F)n2)n1.[HH].[HH]. The first-order chi connectivity index (χ1) is 14.4. The lowest BCUT2D eigenvalue weighted by Crippen LogP contribution is -2.15. The summed E-state index contributed by atoms with van der Waals surface area (Å²) in [6, 6.07) is 10.4. The topological polar surface area (TPSA) is 110 Å². The summed E-state index contributed by atoms with van der Waals surface area (Å²) in [6.07, 6.45) is 1.11. The van der Waals surface area contributed by atoms with Crippen LogP contribution in [-0.4, -0.2) is 40.7 Å². The number of nitrogens with zero attached hydrogens (tertiary/aromatic N) is 4. The Hall–Kier alpha value is -3.21. The largest absolute Gasteiger partial charge is 0.352 e.